The highest BCUT2D eigenvalue weighted by atomic mass is 79.9. The lowest BCUT2D eigenvalue weighted by atomic mass is 9.92. The number of hydrogen-bond acceptors (Lipinski definition) is 1. The van der Waals surface area contributed by atoms with Gasteiger partial charge in [-0.2, -0.15) is 0 Å². The fourth-order valence-electron chi connectivity index (χ4n) is 2.66. The maximum atomic E-state index is 3.64. The molecule has 1 fully saturated rings. The van der Waals surface area contributed by atoms with E-state index in [2.05, 4.69) is 52.6 Å². The number of nitrogens with one attached hydrogen (secondary N) is 1. The molecule has 1 N–H and O–H groups in total. The first kappa shape index (κ1) is 11.2. The van der Waals surface area contributed by atoms with Crippen molar-refractivity contribution in [2.75, 3.05) is 7.05 Å². The predicted molar refractivity (Wildman–Crippen MR) is 67.9 cm³/mol. The second-order valence-electron chi connectivity index (χ2n) is 4.33. The quantitative estimate of drug-likeness (QED) is 0.876. The van der Waals surface area contributed by atoms with Crippen molar-refractivity contribution in [3.05, 3.63) is 34.3 Å². The molecule has 82 valence electrons. The summed E-state index contributed by atoms with van der Waals surface area (Å²) in [5.41, 5.74) is 1.41. The molecule has 2 rings (SSSR count). The molecule has 1 atom stereocenters. The van der Waals surface area contributed by atoms with Crippen LogP contribution in [0.1, 0.15) is 37.3 Å². The summed E-state index contributed by atoms with van der Waals surface area (Å²) in [6.45, 7) is 0. The molecule has 1 aromatic rings. The molecule has 0 aliphatic heterocycles. The Morgan fingerprint density at radius 3 is 2.53 bits per heavy atom. The van der Waals surface area contributed by atoms with Gasteiger partial charge >= 0.3 is 0 Å². The van der Waals surface area contributed by atoms with Crippen molar-refractivity contribution in [2.24, 2.45) is 5.92 Å². The normalized spacial score (nSPS) is 19.3. The van der Waals surface area contributed by atoms with Crippen LogP contribution in [0.4, 0.5) is 0 Å². The van der Waals surface area contributed by atoms with Crippen LogP contribution in [-0.4, -0.2) is 7.05 Å². The average Bonchev–Trinajstić information content (AvgIpc) is 2.75. The van der Waals surface area contributed by atoms with E-state index in [4.69, 9.17) is 0 Å². The van der Waals surface area contributed by atoms with Crippen LogP contribution in [0.15, 0.2) is 28.7 Å². The maximum absolute atomic E-state index is 3.64. The fourth-order valence-corrected chi connectivity index (χ4v) is 3.19. The van der Waals surface area contributed by atoms with E-state index >= 15 is 0 Å². The zero-order chi connectivity index (χ0) is 10.7. The van der Waals surface area contributed by atoms with Crippen molar-refractivity contribution >= 4 is 15.9 Å². The molecule has 1 unspecified atom stereocenters. The molecule has 0 bridgehead atoms. The molecule has 1 nitrogen and oxygen atoms in total. The second-order valence-corrected chi connectivity index (χ2v) is 5.19. The monoisotopic (exact) mass is 267 g/mol. The predicted octanol–water partition coefficient (Wildman–Crippen LogP) is 3.90. The smallest absolute Gasteiger partial charge is 0.0357 e. The highest BCUT2D eigenvalue weighted by Gasteiger charge is 2.25. The van der Waals surface area contributed by atoms with Crippen molar-refractivity contribution in [2.45, 2.75) is 31.7 Å². The van der Waals surface area contributed by atoms with Gasteiger partial charge in [0, 0.05) is 10.5 Å². The van der Waals surface area contributed by atoms with Crippen molar-refractivity contribution in [3.63, 3.8) is 0 Å². The molecule has 1 aliphatic rings. The van der Waals surface area contributed by atoms with Crippen LogP contribution in [0, 0.1) is 5.92 Å². The molecule has 0 aromatic heterocycles. The largest absolute Gasteiger partial charge is 0.313 e. The van der Waals surface area contributed by atoms with Crippen LogP contribution in [0.25, 0.3) is 0 Å². The summed E-state index contributed by atoms with van der Waals surface area (Å²) in [6.07, 6.45) is 5.53. The van der Waals surface area contributed by atoms with Crippen molar-refractivity contribution in [1.29, 1.82) is 0 Å². The van der Waals surface area contributed by atoms with Gasteiger partial charge in [0.2, 0.25) is 0 Å². The molecular weight excluding hydrogens is 250 g/mol. The molecule has 0 amide bonds. The van der Waals surface area contributed by atoms with Gasteiger partial charge in [-0.05, 0) is 37.4 Å². The highest BCUT2D eigenvalue weighted by molar-refractivity contribution is 9.10. The third-order valence-corrected chi connectivity index (χ3v) is 4.14. The molecule has 15 heavy (non-hydrogen) atoms. The highest BCUT2D eigenvalue weighted by Crippen LogP contribution is 2.37. The molecular formula is C13H18BrN. The van der Waals surface area contributed by atoms with Gasteiger partial charge in [0.1, 0.15) is 0 Å². The van der Waals surface area contributed by atoms with Gasteiger partial charge in [-0.1, -0.05) is 47.0 Å². The summed E-state index contributed by atoms with van der Waals surface area (Å²) in [7, 11) is 2.07. The van der Waals surface area contributed by atoms with E-state index < -0.39 is 0 Å². The van der Waals surface area contributed by atoms with Crippen molar-refractivity contribution in [1.82, 2.24) is 5.32 Å². The standard InChI is InChI=1S/C13H18BrN/c1-15-13(10-6-2-3-7-10)11-8-4-5-9-12(11)14/h4-5,8-10,13,15H,2-3,6-7H2,1H3. The molecule has 1 aliphatic carbocycles. The lowest BCUT2D eigenvalue weighted by Crippen LogP contribution is -2.23. The Balaban J connectivity index is 2.22. The van der Waals surface area contributed by atoms with E-state index in [0.717, 1.165) is 5.92 Å². The van der Waals surface area contributed by atoms with Crippen LogP contribution in [0.2, 0.25) is 0 Å². The van der Waals surface area contributed by atoms with Gasteiger partial charge in [-0.15, -0.1) is 0 Å². The zero-order valence-corrected chi connectivity index (χ0v) is 10.8. The van der Waals surface area contributed by atoms with Crippen LogP contribution in [0.3, 0.4) is 0 Å². The van der Waals surface area contributed by atoms with E-state index in [1.165, 1.54) is 35.7 Å². The molecule has 0 radical (unpaired) electrons. The Labute approximate surface area is 100 Å². The minimum atomic E-state index is 0.517. The fraction of sp³-hybridized carbons (Fsp3) is 0.538. The zero-order valence-electron chi connectivity index (χ0n) is 9.17. The Hall–Kier alpha value is -0.340. The van der Waals surface area contributed by atoms with Gasteiger partial charge in [0.25, 0.3) is 0 Å². The summed E-state index contributed by atoms with van der Waals surface area (Å²) in [6, 6.07) is 9.08. The van der Waals surface area contributed by atoms with Crippen LogP contribution in [0.5, 0.6) is 0 Å². The van der Waals surface area contributed by atoms with E-state index in [9.17, 15) is 0 Å². The Morgan fingerprint density at radius 1 is 1.27 bits per heavy atom. The molecule has 1 aromatic carbocycles. The van der Waals surface area contributed by atoms with Gasteiger partial charge in [0.15, 0.2) is 0 Å². The first-order valence-electron chi connectivity index (χ1n) is 5.74. The van der Waals surface area contributed by atoms with E-state index in [-0.39, 0.29) is 0 Å². The minimum absolute atomic E-state index is 0.517. The Kier molecular flexibility index (Phi) is 3.81. The van der Waals surface area contributed by atoms with E-state index in [1.807, 2.05) is 0 Å². The third kappa shape index (κ3) is 2.43. The van der Waals surface area contributed by atoms with Gasteiger partial charge in [-0.3, -0.25) is 0 Å². The topological polar surface area (TPSA) is 12.0 Å². The van der Waals surface area contributed by atoms with Crippen LogP contribution < -0.4 is 5.32 Å². The Morgan fingerprint density at radius 2 is 1.93 bits per heavy atom. The summed E-state index contributed by atoms with van der Waals surface area (Å²) in [4.78, 5) is 0. The van der Waals surface area contributed by atoms with Crippen LogP contribution >= 0.6 is 15.9 Å². The second kappa shape index (κ2) is 5.13. The summed E-state index contributed by atoms with van der Waals surface area (Å²) in [5, 5.41) is 3.47. The molecule has 0 saturated heterocycles. The summed E-state index contributed by atoms with van der Waals surface area (Å²) >= 11 is 3.64. The number of hydrogen-bond donors (Lipinski definition) is 1. The number of benzene rings is 1. The van der Waals surface area contributed by atoms with Crippen molar-refractivity contribution in [3.8, 4) is 0 Å². The average molecular weight is 268 g/mol. The first-order chi connectivity index (χ1) is 7.33. The third-order valence-electron chi connectivity index (χ3n) is 3.42. The minimum Gasteiger partial charge on any atom is -0.313 e. The van der Waals surface area contributed by atoms with Gasteiger partial charge < -0.3 is 5.32 Å². The number of halogens is 1. The Bertz CT molecular complexity index is 318. The molecule has 1 saturated carbocycles. The van der Waals surface area contributed by atoms with Gasteiger partial charge in [0.05, 0.1) is 0 Å². The summed E-state index contributed by atoms with van der Waals surface area (Å²) in [5.74, 6) is 0.814. The first-order valence-corrected chi connectivity index (χ1v) is 6.54. The van der Waals surface area contributed by atoms with Crippen molar-refractivity contribution < 1.29 is 0 Å². The molecule has 0 heterocycles. The summed E-state index contributed by atoms with van der Waals surface area (Å²) < 4.78 is 1.23. The number of rotatable bonds is 3. The lowest BCUT2D eigenvalue weighted by molar-refractivity contribution is 0.389. The van der Waals surface area contributed by atoms with Crippen LogP contribution in [-0.2, 0) is 0 Å². The van der Waals surface area contributed by atoms with Gasteiger partial charge in [-0.25, -0.2) is 0 Å². The SMILES string of the molecule is CNC(c1ccccc1Br)C1CCCC1. The lowest BCUT2D eigenvalue weighted by Gasteiger charge is -2.24. The van der Waals surface area contributed by atoms with E-state index in [0.29, 0.717) is 6.04 Å². The molecule has 2 heteroatoms. The molecule has 0 spiro atoms. The maximum Gasteiger partial charge on any atom is 0.0357 e. The van der Waals surface area contributed by atoms with E-state index in [1.54, 1.807) is 0 Å².